The zero-order chi connectivity index (χ0) is 21.1. The van der Waals surface area contributed by atoms with Crippen LogP contribution in [0, 0.1) is 11.6 Å². The normalized spacial score (nSPS) is 11.2. The van der Waals surface area contributed by atoms with Gasteiger partial charge in [0.2, 0.25) is 0 Å². The first-order valence-electron chi connectivity index (χ1n) is 9.67. The van der Waals surface area contributed by atoms with Gasteiger partial charge in [0.1, 0.15) is 11.6 Å². The van der Waals surface area contributed by atoms with Crippen LogP contribution in [-0.2, 0) is 13.0 Å². The summed E-state index contributed by atoms with van der Waals surface area (Å²) in [5.41, 5.74) is 1.80. The third-order valence-corrected chi connectivity index (χ3v) is 5.89. The predicted molar refractivity (Wildman–Crippen MR) is 114 cm³/mol. The van der Waals surface area contributed by atoms with Gasteiger partial charge in [-0.3, -0.25) is 9.69 Å². The maximum absolute atomic E-state index is 14.3. The Bertz CT molecular complexity index is 1170. The van der Waals surface area contributed by atoms with Gasteiger partial charge >= 0.3 is 0 Å². The van der Waals surface area contributed by atoms with Gasteiger partial charge in [0.05, 0.1) is 22.1 Å². The molecule has 2 aromatic carbocycles. The van der Waals surface area contributed by atoms with Crippen LogP contribution >= 0.6 is 11.3 Å². The van der Waals surface area contributed by atoms with Crippen molar-refractivity contribution in [2.75, 3.05) is 11.4 Å². The van der Waals surface area contributed by atoms with E-state index < -0.39 is 17.5 Å². The highest BCUT2D eigenvalue weighted by Gasteiger charge is 2.24. The lowest BCUT2D eigenvalue weighted by atomic mass is 10.1. The molecule has 0 bridgehead atoms. The number of nitrogens with zero attached hydrogens (tertiary/aromatic N) is 4. The molecular formula is C22H20F2N4OS. The van der Waals surface area contributed by atoms with Crippen molar-refractivity contribution in [3.8, 4) is 0 Å². The number of hydrogen-bond acceptors (Lipinski definition) is 4. The molecule has 0 atom stereocenters. The Labute approximate surface area is 176 Å². The third-order valence-electron chi connectivity index (χ3n) is 4.84. The third kappa shape index (κ3) is 4.23. The van der Waals surface area contributed by atoms with Crippen LogP contribution in [0.1, 0.15) is 29.3 Å². The van der Waals surface area contributed by atoms with Crippen molar-refractivity contribution in [1.82, 2.24) is 14.5 Å². The Morgan fingerprint density at radius 2 is 2.07 bits per heavy atom. The number of aryl methyl sites for hydroxylation is 2. The van der Waals surface area contributed by atoms with Crippen LogP contribution in [0.5, 0.6) is 0 Å². The molecule has 0 saturated carbocycles. The number of benzene rings is 2. The van der Waals surface area contributed by atoms with Crippen LogP contribution in [0.3, 0.4) is 0 Å². The van der Waals surface area contributed by atoms with E-state index in [4.69, 9.17) is 0 Å². The largest absolute Gasteiger partial charge is 0.337 e. The van der Waals surface area contributed by atoms with E-state index in [1.54, 1.807) is 12.5 Å². The molecule has 0 spiro atoms. The highest BCUT2D eigenvalue weighted by atomic mass is 32.1. The molecule has 4 aromatic rings. The molecule has 2 heterocycles. The molecule has 30 heavy (non-hydrogen) atoms. The molecule has 0 unspecified atom stereocenters. The van der Waals surface area contributed by atoms with E-state index in [0.717, 1.165) is 28.8 Å². The van der Waals surface area contributed by atoms with Gasteiger partial charge in [0.15, 0.2) is 5.13 Å². The SMILES string of the molecule is CCc1ccc2nc(N(CCCn3ccnc3)C(=O)c3ccc(F)cc3F)sc2c1. The zero-order valence-corrected chi connectivity index (χ0v) is 17.2. The minimum Gasteiger partial charge on any atom is -0.337 e. The molecule has 0 aliphatic carbocycles. The zero-order valence-electron chi connectivity index (χ0n) is 16.4. The summed E-state index contributed by atoms with van der Waals surface area (Å²) in [4.78, 5) is 23.3. The molecule has 0 N–H and O–H groups in total. The lowest BCUT2D eigenvalue weighted by Gasteiger charge is -2.20. The first-order valence-corrected chi connectivity index (χ1v) is 10.5. The Kier molecular flexibility index (Phi) is 5.85. The first-order chi connectivity index (χ1) is 14.5. The number of amides is 1. The summed E-state index contributed by atoms with van der Waals surface area (Å²) in [5, 5.41) is 0.498. The van der Waals surface area contributed by atoms with E-state index in [9.17, 15) is 13.6 Å². The minimum absolute atomic E-state index is 0.174. The second kappa shape index (κ2) is 8.71. The van der Waals surface area contributed by atoms with Crippen molar-refractivity contribution >= 4 is 32.6 Å². The number of carbonyl (C=O) groups excluding carboxylic acids is 1. The van der Waals surface area contributed by atoms with Gasteiger partial charge in [0, 0.05) is 31.5 Å². The molecule has 0 saturated heterocycles. The van der Waals surface area contributed by atoms with E-state index in [1.165, 1.54) is 27.9 Å². The predicted octanol–water partition coefficient (Wildman–Crippen LogP) is 5.07. The Morgan fingerprint density at radius 3 is 2.80 bits per heavy atom. The topological polar surface area (TPSA) is 51.0 Å². The standard InChI is InChI=1S/C22H20F2N4OS/c1-2-15-4-7-19-20(12-15)30-22(26-19)28(10-3-9-27-11-8-25-14-27)21(29)17-6-5-16(23)13-18(17)24/h4-8,11-14H,2-3,9-10H2,1H3. The smallest absolute Gasteiger partial charge is 0.263 e. The summed E-state index contributed by atoms with van der Waals surface area (Å²) in [7, 11) is 0. The maximum atomic E-state index is 14.3. The number of imidazole rings is 1. The summed E-state index contributed by atoms with van der Waals surface area (Å²) in [6.45, 7) is 3.07. The quantitative estimate of drug-likeness (QED) is 0.415. The molecule has 1 amide bonds. The van der Waals surface area contributed by atoms with Gasteiger partial charge in [-0.05, 0) is 42.7 Å². The monoisotopic (exact) mass is 426 g/mol. The molecule has 0 fully saturated rings. The van der Waals surface area contributed by atoms with Crippen LogP contribution in [0.15, 0.2) is 55.1 Å². The van der Waals surface area contributed by atoms with E-state index in [1.807, 2.05) is 22.9 Å². The van der Waals surface area contributed by atoms with Crippen LogP contribution in [0.2, 0.25) is 0 Å². The molecule has 154 valence electrons. The summed E-state index contributed by atoms with van der Waals surface area (Å²) in [5.74, 6) is -2.13. The molecule has 4 rings (SSSR count). The number of carbonyl (C=O) groups is 1. The lowest BCUT2D eigenvalue weighted by Crippen LogP contribution is -2.33. The van der Waals surface area contributed by atoms with Crippen molar-refractivity contribution in [2.45, 2.75) is 26.3 Å². The Hall–Kier alpha value is -3.13. The van der Waals surface area contributed by atoms with Gasteiger partial charge in [-0.15, -0.1) is 0 Å². The number of rotatable bonds is 7. The summed E-state index contributed by atoms with van der Waals surface area (Å²) < 4.78 is 30.5. The van der Waals surface area contributed by atoms with Gasteiger partial charge in [0.25, 0.3) is 5.91 Å². The van der Waals surface area contributed by atoms with Crippen LogP contribution < -0.4 is 4.90 Å². The van der Waals surface area contributed by atoms with Gasteiger partial charge < -0.3 is 4.57 Å². The Balaban J connectivity index is 1.66. The molecular weight excluding hydrogens is 406 g/mol. The molecule has 0 aliphatic heterocycles. The first kappa shape index (κ1) is 20.2. The highest BCUT2D eigenvalue weighted by molar-refractivity contribution is 7.22. The van der Waals surface area contributed by atoms with Gasteiger partial charge in [-0.1, -0.05) is 24.3 Å². The number of aromatic nitrogens is 3. The molecule has 5 nitrogen and oxygen atoms in total. The highest BCUT2D eigenvalue weighted by Crippen LogP contribution is 2.31. The van der Waals surface area contributed by atoms with Crippen molar-refractivity contribution < 1.29 is 13.6 Å². The number of hydrogen-bond donors (Lipinski definition) is 0. The van der Waals surface area contributed by atoms with Gasteiger partial charge in [-0.2, -0.15) is 0 Å². The van der Waals surface area contributed by atoms with Crippen molar-refractivity contribution in [1.29, 1.82) is 0 Å². The van der Waals surface area contributed by atoms with Crippen LogP contribution in [0.4, 0.5) is 13.9 Å². The van der Waals surface area contributed by atoms with E-state index in [2.05, 4.69) is 23.0 Å². The second-order valence-electron chi connectivity index (χ2n) is 6.89. The van der Waals surface area contributed by atoms with E-state index >= 15 is 0 Å². The van der Waals surface area contributed by atoms with Crippen LogP contribution in [-0.4, -0.2) is 27.0 Å². The average Bonchev–Trinajstić information content (AvgIpc) is 3.39. The van der Waals surface area contributed by atoms with Gasteiger partial charge in [-0.25, -0.2) is 18.7 Å². The maximum Gasteiger partial charge on any atom is 0.263 e. The number of thiazole rings is 1. The van der Waals surface area contributed by atoms with E-state index in [-0.39, 0.29) is 5.56 Å². The summed E-state index contributed by atoms with van der Waals surface area (Å²) >= 11 is 1.39. The minimum atomic E-state index is -0.881. The fourth-order valence-electron chi connectivity index (χ4n) is 3.22. The second-order valence-corrected chi connectivity index (χ2v) is 7.90. The van der Waals surface area contributed by atoms with Crippen LogP contribution in [0.25, 0.3) is 10.2 Å². The summed E-state index contributed by atoms with van der Waals surface area (Å²) in [6.07, 6.45) is 6.76. The van der Waals surface area contributed by atoms with E-state index in [0.29, 0.717) is 24.6 Å². The number of halogens is 2. The van der Waals surface area contributed by atoms with Crippen molar-refractivity contribution in [3.63, 3.8) is 0 Å². The Morgan fingerprint density at radius 1 is 1.20 bits per heavy atom. The molecule has 0 aliphatic rings. The molecule has 2 aromatic heterocycles. The average molecular weight is 426 g/mol. The molecule has 0 radical (unpaired) electrons. The summed E-state index contributed by atoms with van der Waals surface area (Å²) in [6, 6.07) is 8.99. The number of anilines is 1. The molecule has 8 heteroatoms. The lowest BCUT2D eigenvalue weighted by molar-refractivity contribution is 0.0982. The van der Waals surface area contributed by atoms with Crippen molar-refractivity contribution in [3.05, 3.63) is 77.9 Å². The number of fused-ring (bicyclic) bond motifs is 1. The fraction of sp³-hybridized carbons (Fsp3) is 0.227. The van der Waals surface area contributed by atoms with Crippen molar-refractivity contribution in [2.24, 2.45) is 0 Å². The fourth-order valence-corrected chi connectivity index (χ4v) is 4.27.